The fraction of sp³-hybridized carbons (Fsp3) is 0.458. The Kier molecular flexibility index (Phi) is 2.63. The lowest BCUT2D eigenvalue weighted by Gasteiger charge is -2.83. The molecule has 0 radical (unpaired) electrons. The summed E-state index contributed by atoms with van der Waals surface area (Å²) in [4.78, 5) is 13.7. The van der Waals surface area contributed by atoms with Crippen LogP contribution in [0.4, 0.5) is 0 Å². The summed E-state index contributed by atoms with van der Waals surface area (Å²) in [6.45, 7) is 1.94. The minimum Gasteiger partial charge on any atom is -0.457 e. The van der Waals surface area contributed by atoms with Crippen molar-refractivity contribution in [2.24, 2.45) is 22.7 Å². The number of benzene rings is 2. The van der Waals surface area contributed by atoms with E-state index in [1.807, 2.05) is 37.3 Å². The number of aliphatic hydroxyl groups is 1. The maximum atomic E-state index is 13.7. The van der Waals surface area contributed by atoms with Gasteiger partial charge in [0.25, 0.3) is 0 Å². The Bertz CT molecular complexity index is 1020. The summed E-state index contributed by atoms with van der Waals surface area (Å²) in [5.41, 5.74) is 2.53. The number of esters is 1. The molecule has 4 heteroatoms. The number of fused-ring (bicyclic) bond motifs is 5. The summed E-state index contributed by atoms with van der Waals surface area (Å²) in [5.74, 6) is 0.694. The summed E-state index contributed by atoms with van der Waals surface area (Å²) in [6.07, 6.45) is -0.205. The lowest BCUT2D eigenvalue weighted by molar-refractivity contribution is -0.341. The Labute approximate surface area is 163 Å². The SMILES string of the molecule is C[C@H](OC(=O)[C@]12[C@@H]3[C@@H]4c5ccccc5[C@H]1[C@H]1O[C@@H]4[C@@H]3[C@]12CO)c1ccccc1. The number of hydrogen-bond acceptors (Lipinski definition) is 4. The van der Waals surface area contributed by atoms with Crippen LogP contribution in [0.2, 0.25) is 0 Å². The zero-order chi connectivity index (χ0) is 18.8. The number of hydrogen-bond donors (Lipinski definition) is 1. The maximum absolute atomic E-state index is 13.7. The molecule has 7 rings (SSSR count). The van der Waals surface area contributed by atoms with Crippen LogP contribution in [0.5, 0.6) is 0 Å². The monoisotopic (exact) mass is 374 g/mol. The average Bonchev–Trinajstić information content (AvgIpc) is 2.93. The van der Waals surface area contributed by atoms with Crippen LogP contribution in [0.3, 0.4) is 0 Å². The van der Waals surface area contributed by atoms with Crippen LogP contribution in [0.25, 0.3) is 0 Å². The molecule has 0 aromatic heterocycles. The van der Waals surface area contributed by atoms with E-state index in [-0.39, 0.29) is 48.6 Å². The minimum absolute atomic E-state index is 0.00946. The van der Waals surface area contributed by atoms with E-state index in [0.29, 0.717) is 5.92 Å². The Morgan fingerprint density at radius 3 is 2.57 bits per heavy atom. The molecule has 2 aromatic carbocycles. The Morgan fingerprint density at radius 2 is 1.82 bits per heavy atom. The second-order valence-electron chi connectivity index (χ2n) is 9.23. The molecule has 1 heterocycles. The topological polar surface area (TPSA) is 55.8 Å². The first kappa shape index (κ1) is 15.7. The van der Waals surface area contributed by atoms with E-state index in [9.17, 15) is 9.90 Å². The number of carbonyl (C=O) groups excluding carboxylic acids is 1. The third kappa shape index (κ3) is 1.27. The van der Waals surface area contributed by atoms with Gasteiger partial charge in [-0.3, -0.25) is 4.79 Å². The molecule has 0 bridgehead atoms. The molecule has 1 saturated heterocycles. The van der Waals surface area contributed by atoms with Crippen molar-refractivity contribution in [3.05, 3.63) is 71.3 Å². The van der Waals surface area contributed by atoms with Crippen molar-refractivity contribution < 1.29 is 19.4 Å². The largest absolute Gasteiger partial charge is 0.457 e. The van der Waals surface area contributed by atoms with Crippen molar-refractivity contribution in [1.82, 2.24) is 0 Å². The third-order valence-corrected chi connectivity index (χ3v) is 8.82. The van der Waals surface area contributed by atoms with Gasteiger partial charge in [0.05, 0.1) is 24.2 Å². The average molecular weight is 374 g/mol. The van der Waals surface area contributed by atoms with Gasteiger partial charge in [-0.15, -0.1) is 0 Å². The maximum Gasteiger partial charge on any atom is 0.314 e. The number of rotatable bonds is 4. The van der Waals surface area contributed by atoms with Crippen LogP contribution in [0.1, 0.15) is 41.6 Å². The van der Waals surface area contributed by atoms with E-state index in [0.717, 1.165) is 5.56 Å². The van der Waals surface area contributed by atoms with Gasteiger partial charge in [0.15, 0.2) is 0 Å². The highest BCUT2D eigenvalue weighted by molar-refractivity contribution is 5.88. The minimum atomic E-state index is -0.619. The molecule has 0 unspecified atom stereocenters. The smallest absolute Gasteiger partial charge is 0.314 e. The molecule has 28 heavy (non-hydrogen) atoms. The first-order valence-corrected chi connectivity index (χ1v) is 10.3. The lowest BCUT2D eigenvalue weighted by atomic mass is 9.16. The second-order valence-corrected chi connectivity index (χ2v) is 9.23. The highest BCUT2D eigenvalue weighted by Gasteiger charge is 3.00. The molecular weight excluding hydrogens is 352 g/mol. The lowest BCUT2D eigenvalue weighted by Crippen LogP contribution is -2.89. The van der Waals surface area contributed by atoms with Crippen LogP contribution in [-0.4, -0.2) is 29.9 Å². The van der Waals surface area contributed by atoms with Crippen molar-refractivity contribution in [3.63, 3.8) is 0 Å². The zero-order valence-corrected chi connectivity index (χ0v) is 15.6. The molecule has 0 spiro atoms. The van der Waals surface area contributed by atoms with Crippen molar-refractivity contribution in [2.75, 3.05) is 6.61 Å². The van der Waals surface area contributed by atoms with Gasteiger partial charge in [-0.25, -0.2) is 0 Å². The molecule has 142 valence electrons. The van der Waals surface area contributed by atoms with Gasteiger partial charge in [0.1, 0.15) is 6.10 Å². The Hall–Kier alpha value is -2.17. The summed E-state index contributed by atoms with van der Waals surface area (Å²) in [5, 5.41) is 10.4. The van der Waals surface area contributed by atoms with Crippen molar-refractivity contribution in [1.29, 1.82) is 0 Å². The molecule has 5 aliphatic rings. The highest BCUT2D eigenvalue weighted by atomic mass is 16.6. The van der Waals surface area contributed by atoms with Gasteiger partial charge in [0, 0.05) is 23.2 Å². The fourth-order valence-electron chi connectivity index (χ4n) is 7.99. The van der Waals surface area contributed by atoms with Gasteiger partial charge in [-0.1, -0.05) is 54.6 Å². The van der Waals surface area contributed by atoms with E-state index in [4.69, 9.17) is 9.47 Å². The summed E-state index contributed by atoms with van der Waals surface area (Å²) in [6, 6.07) is 18.4. The van der Waals surface area contributed by atoms with Crippen LogP contribution in [0, 0.1) is 22.7 Å². The molecule has 3 saturated carbocycles. The highest BCUT2D eigenvalue weighted by Crippen LogP contribution is 2.95. The van der Waals surface area contributed by atoms with E-state index >= 15 is 0 Å². The molecule has 2 aromatic rings. The number of ether oxygens (including phenoxy) is 2. The fourth-order valence-corrected chi connectivity index (χ4v) is 7.99. The molecule has 4 aliphatic carbocycles. The quantitative estimate of drug-likeness (QED) is 0.836. The molecule has 4 nitrogen and oxygen atoms in total. The molecular formula is C24H22O4. The summed E-state index contributed by atoms with van der Waals surface area (Å²) in [7, 11) is 0. The van der Waals surface area contributed by atoms with Crippen LogP contribution >= 0.6 is 0 Å². The predicted octanol–water partition coefficient (Wildman–Crippen LogP) is 3.18. The van der Waals surface area contributed by atoms with Gasteiger partial charge < -0.3 is 14.6 Å². The summed E-state index contributed by atoms with van der Waals surface area (Å²) < 4.78 is 12.5. The van der Waals surface area contributed by atoms with Crippen LogP contribution in [-0.2, 0) is 14.3 Å². The Morgan fingerprint density at radius 1 is 1.11 bits per heavy atom. The predicted molar refractivity (Wildman–Crippen MR) is 100 cm³/mol. The number of aliphatic hydroxyl groups excluding tert-OH is 1. The zero-order valence-electron chi connectivity index (χ0n) is 15.6. The van der Waals surface area contributed by atoms with Crippen molar-refractivity contribution in [3.8, 4) is 0 Å². The second kappa shape index (κ2) is 4.69. The van der Waals surface area contributed by atoms with Gasteiger partial charge in [0.2, 0.25) is 0 Å². The summed E-state index contributed by atoms with van der Waals surface area (Å²) >= 11 is 0. The van der Waals surface area contributed by atoms with Crippen LogP contribution < -0.4 is 0 Å². The van der Waals surface area contributed by atoms with Gasteiger partial charge in [-0.05, 0) is 29.5 Å². The Balaban J connectivity index is 1.33. The van der Waals surface area contributed by atoms with E-state index < -0.39 is 10.8 Å². The first-order valence-electron chi connectivity index (χ1n) is 10.3. The van der Waals surface area contributed by atoms with E-state index in [1.165, 1.54) is 11.1 Å². The molecule has 4 fully saturated rings. The number of carbonyl (C=O) groups is 1. The van der Waals surface area contributed by atoms with Crippen molar-refractivity contribution >= 4 is 5.97 Å². The first-order chi connectivity index (χ1) is 13.7. The molecule has 0 amide bonds. The molecule has 1 N–H and O–H groups in total. The van der Waals surface area contributed by atoms with E-state index in [1.54, 1.807) is 0 Å². The van der Waals surface area contributed by atoms with Crippen LogP contribution in [0.15, 0.2) is 54.6 Å². The standard InChI is InChI=1S/C24H22O4/c1-12(13-7-3-2-4-8-13)27-22(26)24-17-15-10-6-5-9-14(15)16-18(24)19-20(16)28-21(17)23(19,24)11-25/h2-10,12,16-21,25H,11H2,1H3/t12-,16-,17-,18+,19+,20-,21+,23+,24+/m0/s1. The third-order valence-electron chi connectivity index (χ3n) is 8.82. The molecule has 9 atom stereocenters. The van der Waals surface area contributed by atoms with E-state index in [2.05, 4.69) is 24.3 Å². The van der Waals surface area contributed by atoms with Gasteiger partial charge >= 0.3 is 5.97 Å². The van der Waals surface area contributed by atoms with Gasteiger partial charge in [-0.2, -0.15) is 0 Å². The normalized spacial score (nSPS) is 45.8. The van der Waals surface area contributed by atoms with Crippen molar-refractivity contribution in [2.45, 2.75) is 37.1 Å². The molecule has 1 aliphatic heterocycles.